The highest BCUT2D eigenvalue weighted by Gasteiger charge is 2.12. The van der Waals surface area contributed by atoms with Gasteiger partial charge in [-0.15, -0.1) is 0 Å². The summed E-state index contributed by atoms with van der Waals surface area (Å²) < 4.78 is 0. The highest BCUT2D eigenvalue weighted by molar-refractivity contribution is 5.93. The predicted molar refractivity (Wildman–Crippen MR) is 87.9 cm³/mol. The Hall–Kier alpha value is -2.43. The van der Waals surface area contributed by atoms with Crippen molar-refractivity contribution in [2.75, 3.05) is 12.4 Å². The third-order valence-corrected chi connectivity index (χ3v) is 3.50. The van der Waals surface area contributed by atoms with Gasteiger partial charge >= 0.3 is 0 Å². The summed E-state index contributed by atoms with van der Waals surface area (Å²) in [4.78, 5) is 20.3. The van der Waals surface area contributed by atoms with Crippen LogP contribution in [0.1, 0.15) is 47.8 Å². The standard InChI is InChI=1S/C17H22N4O/c1-4-5-13-6-8-14(9-7-13)12(2)21-16(22)15-10-19-17(18-3)20-11-15/h6-12H,4-5H2,1-3H3,(H,21,22)(H,18,19,20)/t12-/m0/s1. The van der Waals surface area contributed by atoms with Crippen molar-refractivity contribution in [3.63, 3.8) is 0 Å². The molecule has 2 aromatic rings. The van der Waals surface area contributed by atoms with E-state index in [-0.39, 0.29) is 11.9 Å². The van der Waals surface area contributed by atoms with Gasteiger partial charge < -0.3 is 10.6 Å². The maximum absolute atomic E-state index is 12.2. The summed E-state index contributed by atoms with van der Waals surface area (Å²) in [6.45, 7) is 4.13. The molecule has 2 rings (SSSR count). The molecule has 116 valence electrons. The molecule has 1 heterocycles. The summed E-state index contributed by atoms with van der Waals surface area (Å²) in [5, 5.41) is 5.78. The van der Waals surface area contributed by atoms with Gasteiger partial charge in [-0.25, -0.2) is 9.97 Å². The van der Waals surface area contributed by atoms with Crippen molar-refractivity contribution in [1.29, 1.82) is 0 Å². The number of benzene rings is 1. The number of anilines is 1. The van der Waals surface area contributed by atoms with Crippen LogP contribution >= 0.6 is 0 Å². The number of aryl methyl sites for hydroxylation is 1. The average molecular weight is 298 g/mol. The zero-order valence-corrected chi connectivity index (χ0v) is 13.3. The van der Waals surface area contributed by atoms with Gasteiger partial charge in [0.05, 0.1) is 11.6 Å². The molecule has 0 aliphatic heterocycles. The van der Waals surface area contributed by atoms with Crippen molar-refractivity contribution in [2.45, 2.75) is 32.7 Å². The highest BCUT2D eigenvalue weighted by atomic mass is 16.1. The van der Waals surface area contributed by atoms with Crippen LogP contribution in [-0.4, -0.2) is 22.9 Å². The van der Waals surface area contributed by atoms with Crippen LogP contribution in [0.15, 0.2) is 36.7 Å². The molecule has 0 aliphatic rings. The minimum atomic E-state index is -0.173. The lowest BCUT2D eigenvalue weighted by molar-refractivity contribution is 0.0939. The lowest BCUT2D eigenvalue weighted by Crippen LogP contribution is -2.27. The number of rotatable bonds is 6. The van der Waals surface area contributed by atoms with Gasteiger partial charge in [0.15, 0.2) is 0 Å². The van der Waals surface area contributed by atoms with Crippen molar-refractivity contribution in [3.05, 3.63) is 53.3 Å². The number of nitrogens with one attached hydrogen (secondary N) is 2. The molecule has 5 heteroatoms. The van der Waals surface area contributed by atoms with Gasteiger partial charge in [-0.05, 0) is 24.5 Å². The molecule has 0 bridgehead atoms. The smallest absolute Gasteiger partial charge is 0.254 e. The Morgan fingerprint density at radius 2 is 1.82 bits per heavy atom. The summed E-state index contributed by atoms with van der Waals surface area (Å²) in [6, 6.07) is 8.30. The number of hydrogen-bond donors (Lipinski definition) is 2. The summed E-state index contributed by atoms with van der Waals surface area (Å²) in [5.41, 5.74) is 2.86. The van der Waals surface area contributed by atoms with Crippen LogP contribution in [0.5, 0.6) is 0 Å². The zero-order chi connectivity index (χ0) is 15.9. The minimum absolute atomic E-state index is 0.0628. The largest absolute Gasteiger partial charge is 0.357 e. The molecule has 0 spiro atoms. The van der Waals surface area contributed by atoms with Gasteiger partial charge in [0, 0.05) is 19.4 Å². The third kappa shape index (κ3) is 4.04. The van der Waals surface area contributed by atoms with Gasteiger partial charge in [-0.1, -0.05) is 37.6 Å². The molecule has 0 radical (unpaired) electrons. The fraction of sp³-hybridized carbons (Fsp3) is 0.353. The number of nitrogens with zero attached hydrogens (tertiary/aromatic N) is 2. The summed E-state index contributed by atoms with van der Waals surface area (Å²) >= 11 is 0. The SMILES string of the molecule is CCCc1ccc([C@H](C)NC(=O)c2cnc(NC)nc2)cc1. The normalized spacial score (nSPS) is 11.8. The van der Waals surface area contributed by atoms with E-state index >= 15 is 0 Å². The van der Waals surface area contributed by atoms with Gasteiger partial charge in [-0.2, -0.15) is 0 Å². The molecule has 0 saturated carbocycles. The average Bonchev–Trinajstić information content (AvgIpc) is 2.55. The van der Waals surface area contributed by atoms with Crippen LogP contribution in [0, 0.1) is 0 Å². The van der Waals surface area contributed by atoms with E-state index < -0.39 is 0 Å². The van der Waals surface area contributed by atoms with E-state index in [1.165, 1.54) is 18.0 Å². The van der Waals surface area contributed by atoms with Crippen molar-refractivity contribution >= 4 is 11.9 Å². The third-order valence-electron chi connectivity index (χ3n) is 3.50. The molecule has 0 aliphatic carbocycles. The van der Waals surface area contributed by atoms with E-state index in [0.717, 1.165) is 18.4 Å². The number of aromatic nitrogens is 2. The summed E-state index contributed by atoms with van der Waals surface area (Å²) in [5.74, 6) is 0.323. The van der Waals surface area contributed by atoms with Crippen LogP contribution in [0.4, 0.5) is 5.95 Å². The number of carbonyl (C=O) groups is 1. The molecule has 22 heavy (non-hydrogen) atoms. The van der Waals surface area contributed by atoms with Crippen molar-refractivity contribution in [2.24, 2.45) is 0 Å². The maximum atomic E-state index is 12.2. The Morgan fingerprint density at radius 3 is 2.36 bits per heavy atom. The van der Waals surface area contributed by atoms with Crippen LogP contribution in [0.3, 0.4) is 0 Å². The lowest BCUT2D eigenvalue weighted by Gasteiger charge is -2.14. The molecule has 0 saturated heterocycles. The number of amides is 1. The van der Waals surface area contributed by atoms with E-state index in [2.05, 4.69) is 51.8 Å². The van der Waals surface area contributed by atoms with Crippen LogP contribution in [-0.2, 0) is 6.42 Å². The fourth-order valence-corrected chi connectivity index (χ4v) is 2.20. The predicted octanol–water partition coefficient (Wildman–Crippen LogP) is 2.96. The summed E-state index contributed by atoms with van der Waals surface area (Å²) in [7, 11) is 1.74. The van der Waals surface area contributed by atoms with Gasteiger partial charge in [0.25, 0.3) is 5.91 Å². The highest BCUT2D eigenvalue weighted by Crippen LogP contribution is 2.15. The molecule has 1 aromatic carbocycles. The first-order chi connectivity index (χ1) is 10.6. The summed E-state index contributed by atoms with van der Waals surface area (Å²) in [6.07, 6.45) is 5.25. The molecule has 1 amide bonds. The van der Waals surface area contributed by atoms with E-state index in [9.17, 15) is 4.79 Å². The van der Waals surface area contributed by atoms with Crippen LogP contribution in [0.25, 0.3) is 0 Å². The molecule has 0 fully saturated rings. The first kappa shape index (κ1) is 15.9. The van der Waals surface area contributed by atoms with Crippen molar-refractivity contribution in [1.82, 2.24) is 15.3 Å². The Labute approximate surface area is 131 Å². The van der Waals surface area contributed by atoms with E-state index in [1.807, 2.05) is 6.92 Å². The van der Waals surface area contributed by atoms with Crippen molar-refractivity contribution < 1.29 is 4.79 Å². The molecular formula is C17H22N4O. The Kier molecular flexibility index (Phi) is 5.47. The molecule has 0 unspecified atom stereocenters. The second-order valence-corrected chi connectivity index (χ2v) is 5.23. The van der Waals surface area contributed by atoms with Gasteiger partial charge in [-0.3, -0.25) is 4.79 Å². The quantitative estimate of drug-likeness (QED) is 0.860. The first-order valence-electron chi connectivity index (χ1n) is 7.53. The Bertz CT molecular complexity index is 608. The van der Waals surface area contributed by atoms with E-state index in [4.69, 9.17) is 0 Å². The van der Waals surface area contributed by atoms with Crippen LogP contribution < -0.4 is 10.6 Å². The Morgan fingerprint density at radius 1 is 1.18 bits per heavy atom. The van der Waals surface area contributed by atoms with E-state index in [1.54, 1.807) is 7.05 Å². The molecule has 1 aromatic heterocycles. The van der Waals surface area contributed by atoms with Crippen LogP contribution in [0.2, 0.25) is 0 Å². The second kappa shape index (κ2) is 7.54. The van der Waals surface area contributed by atoms with Crippen molar-refractivity contribution in [3.8, 4) is 0 Å². The Balaban J connectivity index is 2.00. The fourth-order valence-electron chi connectivity index (χ4n) is 2.20. The maximum Gasteiger partial charge on any atom is 0.254 e. The minimum Gasteiger partial charge on any atom is -0.357 e. The number of carbonyl (C=O) groups excluding carboxylic acids is 1. The second-order valence-electron chi connectivity index (χ2n) is 5.23. The van der Waals surface area contributed by atoms with Gasteiger partial charge in [0.2, 0.25) is 5.95 Å². The molecule has 2 N–H and O–H groups in total. The monoisotopic (exact) mass is 298 g/mol. The van der Waals surface area contributed by atoms with E-state index in [0.29, 0.717) is 11.5 Å². The lowest BCUT2D eigenvalue weighted by atomic mass is 10.0. The molecular weight excluding hydrogens is 276 g/mol. The molecule has 1 atom stereocenters. The van der Waals surface area contributed by atoms with Gasteiger partial charge in [0.1, 0.15) is 0 Å². The topological polar surface area (TPSA) is 66.9 Å². The first-order valence-corrected chi connectivity index (χ1v) is 7.53. The molecule has 5 nitrogen and oxygen atoms in total. The zero-order valence-electron chi connectivity index (χ0n) is 13.3. The number of hydrogen-bond acceptors (Lipinski definition) is 4.